The van der Waals surface area contributed by atoms with E-state index in [1.807, 2.05) is 30.3 Å². The van der Waals surface area contributed by atoms with E-state index in [4.69, 9.17) is 9.47 Å². The fraction of sp³-hybridized carbons (Fsp3) is 0.294. The molecule has 1 heterocycles. The van der Waals surface area contributed by atoms with Crippen LogP contribution in [0.4, 0.5) is 0 Å². The Bertz CT molecular complexity index is 692. The lowest BCUT2D eigenvalue weighted by atomic mass is 10.1. The van der Waals surface area contributed by atoms with Crippen LogP contribution in [0, 0.1) is 13.8 Å². The van der Waals surface area contributed by atoms with E-state index >= 15 is 0 Å². The Morgan fingerprint density at radius 2 is 1.87 bits per heavy atom. The van der Waals surface area contributed by atoms with E-state index in [-0.39, 0.29) is 5.91 Å². The van der Waals surface area contributed by atoms with Crippen LogP contribution in [0.5, 0.6) is 5.75 Å². The molecule has 0 saturated carbocycles. The third-order valence-corrected chi connectivity index (χ3v) is 3.45. The minimum atomic E-state index is -0.456. The molecule has 2 aromatic rings. The highest BCUT2D eigenvalue weighted by molar-refractivity contribution is 6.00. The molecule has 0 bridgehead atoms. The zero-order valence-corrected chi connectivity index (χ0v) is 13.4. The maximum absolute atomic E-state index is 12.2. The first-order chi connectivity index (χ1) is 11.0. The maximum Gasteiger partial charge on any atom is 0.339 e. The highest BCUT2D eigenvalue weighted by Gasteiger charge is 2.22. The summed E-state index contributed by atoms with van der Waals surface area (Å²) in [5.41, 5.74) is 1.96. The Hall–Kier alpha value is -2.76. The van der Waals surface area contributed by atoms with Crippen molar-refractivity contribution in [3.8, 4) is 5.75 Å². The Labute approximate surface area is 134 Å². The molecular weight excluding hydrogens is 296 g/mol. The molecule has 122 valence electrons. The molecule has 2 rings (SSSR count). The van der Waals surface area contributed by atoms with Crippen LogP contribution in [0.25, 0.3) is 0 Å². The van der Waals surface area contributed by atoms with E-state index in [0.29, 0.717) is 35.7 Å². The predicted molar refractivity (Wildman–Crippen MR) is 85.9 cm³/mol. The number of carbonyl (C=O) groups excluding carboxylic acids is 2. The third-order valence-electron chi connectivity index (χ3n) is 3.45. The minimum absolute atomic E-state index is 0.280. The van der Waals surface area contributed by atoms with Crippen LogP contribution in [0.15, 0.2) is 30.3 Å². The average Bonchev–Trinajstić information content (AvgIpc) is 2.86. The van der Waals surface area contributed by atoms with Gasteiger partial charge < -0.3 is 19.8 Å². The Balaban J connectivity index is 1.92. The second-order valence-electron chi connectivity index (χ2n) is 5.03. The Morgan fingerprint density at radius 3 is 2.52 bits per heavy atom. The van der Waals surface area contributed by atoms with Crippen molar-refractivity contribution in [2.75, 3.05) is 20.3 Å². The van der Waals surface area contributed by atoms with Crippen LogP contribution < -0.4 is 10.1 Å². The topological polar surface area (TPSA) is 80.4 Å². The molecule has 0 saturated heterocycles. The monoisotopic (exact) mass is 316 g/mol. The van der Waals surface area contributed by atoms with Gasteiger partial charge in [-0.3, -0.25) is 4.79 Å². The number of hydrogen-bond donors (Lipinski definition) is 2. The summed E-state index contributed by atoms with van der Waals surface area (Å²) in [7, 11) is 1.31. The molecule has 0 aliphatic heterocycles. The van der Waals surface area contributed by atoms with Gasteiger partial charge in [0.05, 0.1) is 19.2 Å². The molecule has 1 amide bonds. The molecule has 6 nitrogen and oxygen atoms in total. The molecule has 0 aliphatic carbocycles. The van der Waals surface area contributed by atoms with Crippen molar-refractivity contribution in [3.05, 3.63) is 52.8 Å². The van der Waals surface area contributed by atoms with Crippen LogP contribution in [-0.2, 0) is 4.74 Å². The molecule has 0 aliphatic rings. The maximum atomic E-state index is 12.2. The van der Waals surface area contributed by atoms with E-state index in [1.54, 1.807) is 13.8 Å². The van der Waals surface area contributed by atoms with Crippen molar-refractivity contribution < 1.29 is 19.1 Å². The molecule has 2 N–H and O–H groups in total. The van der Waals surface area contributed by atoms with Crippen LogP contribution in [0.3, 0.4) is 0 Å². The third kappa shape index (κ3) is 3.91. The number of hydrogen-bond acceptors (Lipinski definition) is 4. The van der Waals surface area contributed by atoms with E-state index in [9.17, 15) is 9.59 Å². The number of para-hydroxylation sites is 1. The summed E-state index contributed by atoms with van der Waals surface area (Å²) in [4.78, 5) is 26.9. The molecule has 0 atom stereocenters. The second kappa shape index (κ2) is 7.49. The molecular formula is C17H20N2O4. The number of aromatic nitrogens is 1. The normalized spacial score (nSPS) is 10.2. The highest BCUT2D eigenvalue weighted by Crippen LogP contribution is 2.18. The summed E-state index contributed by atoms with van der Waals surface area (Å²) in [6.07, 6.45) is 0. The van der Waals surface area contributed by atoms with Crippen molar-refractivity contribution in [2.24, 2.45) is 0 Å². The van der Waals surface area contributed by atoms with Crippen molar-refractivity contribution in [1.82, 2.24) is 10.3 Å². The standard InChI is InChI=1S/C17H20N2O4/c1-11-14(17(21)22-3)12(2)19-15(11)16(20)18-9-10-23-13-7-5-4-6-8-13/h4-8,19H,9-10H2,1-3H3,(H,18,20). The number of ether oxygens (including phenoxy) is 2. The van der Waals surface area contributed by atoms with Crippen molar-refractivity contribution >= 4 is 11.9 Å². The fourth-order valence-corrected chi connectivity index (χ4v) is 2.32. The first kappa shape index (κ1) is 16.6. The minimum Gasteiger partial charge on any atom is -0.492 e. The highest BCUT2D eigenvalue weighted by atomic mass is 16.5. The van der Waals surface area contributed by atoms with Gasteiger partial charge in [-0.2, -0.15) is 0 Å². The van der Waals surface area contributed by atoms with Gasteiger partial charge in [0, 0.05) is 5.69 Å². The number of aromatic amines is 1. The van der Waals surface area contributed by atoms with Crippen LogP contribution in [0.2, 0.25) is 0 Å². The van der Waals surface area contributed by atoms with E-state index < -0.39 is 5.97 Å². The zero-order valence-electron chi connectivity index (χ0n) is 13.4. The number of nitrogens with one attached hydrogen (secondary N) is 2. The summed E-state index contributed by atoms with van der Waals surface area (Å²) in [5.74, 6) is 0.0155. The molecule has 0 fully saturated rings. The molecule has 0 spiro atoms. The van der Waals surface area contributed by atoms with Gasteiger partial charge >= 0.3 is 5.97 Å². The SMILES string of the molecule is COC(=O)c1c(C)[nH]c(C(=O)NCCOc2ccccc2)c1C. The number of benzene rings is 1. The van der Waals surface area contributed by atoms with Gasteiger partial charge in [-0.25, -0.2) is 4.79 Å². The number of amides is 1. The first-order valence-electron chi connectivity index (χ1n) is 7.28. The molecule has 1 aromatic carbocycles. The quantitative estimate of drug-likeness (QED) is 0.632. The van der Waals surface area contributed by atoms with Gasteiger partial charge in [0.25, 0.3) is 5.91 Å². The number of H-pyrrole nitrogens is 1. The zero-order chi connectivity index (χ0) is 16.8. The summed E-state index contributed by atoms with van der Waals surface area (Å²) in [6.45, 7) is 4.16. The molecule has 1 aromatic heterocycles. The largest absolute Gasteiger partial charge is 0.492 e. The average molecular weight is 316 g/mol. The summed E-state index contributed by atoms with van der Waals surface area (Å²) >= 11 is 0. The Morgan fingerprint density at radius 1 is 1.17 bits per heavy atom. The second-order valence-corrected chi connectivity index (χ2v) is 5.03. The lowest BCUT2D eigenvalue weighted by Gasteiger charge is -2.07. The summed E-state index contributed by atoms with van der Waals surface area (Å²) in [6, 6.07) is 9.37. The van der Waals surface area contributed by atoms with E-state index in [0.717, 1.165) is 5.75 Å². The van der Waals surface area contributed by atoms with E-state index in [2.05, 4.69) is 10.3 Å². The predicted octanol–water partition coefficient (Wildman–Crippen LogP) is 2.23. The van der Waals surface area contributed by atoms with Crippen molar-refractivity contribution in [3.63, 3.8) is 0 Å². The Kier molecular flexibility index (Phi) is 5.41. The number of methoxy groups -OCH3 is 1. The lowest BCUT2D eigenvalue weighted by molar-refractivity contribution is 0.0599. The van der Waals surface area contributed by atoms with Gasteiger partial charge in [-0.15, -0.1) is 0 Å². The molecule has 0 unspecified atom stereocenters. The number of rotatable bonds is 6. The van der Waals surface area contributed by atoms with Crippen molar-refractivity contribution in [2.45, 2.75) is 13.8 Å². The van der Waals surface area contributed by atoms with Crippen LogP contribution in [0.1, 0.15) is 32.1 Å². The smallest absolute Gasteiger partial charge is 0.339 e. The number of carbonyl (C=O) groups is 2. The first-order valence-corrected chi connectivity index (χ1v) is 7.28. The van der Waals surface area contributed by atoms with Crippen molar-refractivity contribution in [1.29, 1.82) is 0 Å². The molecule has 0 radical (unpaired) electrons. The summed E-state index contributed by atoms with van der Waals surface area (Å²) < 4.78 is 10.2. The van der Waals surface area contributed by atoms with E-state index in [1.165, 1.54) is 7.11 Å². The van der Waals surface area contributed by atoms with Crippen LogP contribution >= 0.6 is 0 Å². The van der Waals surface area contributed by atoms with Crippen LogP contribution in [-0.4, -0.2) is 37.1 Å². The molecule has 23 heavy (non-hydrogen) atoms. The number of aryl methyl sites for hydroxylation is 1. The molecule has 6 heteroatoms. The van der Waals surface area contributed by atoms with Gasteiger partial charge in [-0.1, -0.05) is 18.2 Å². The van der Waals surface area contributed by atoms with Gasteiger partial charge in [-0.05, 0) is 31.5 Å². The lowest BCUT2D eigenvalue weighted by Crippen LogP contribution is -2.29. The summed E-state index contributed by atoms with van der Waals surface area (Å²) in [5, 5.41) is 2.76. The fourth-order valence-electron chi connectivity index (χ4n) is 2.32. The van der Waals surface area contributed by atoms with Gasteiger partial charge in [0.15, 0.2) is 0 Å². The number of esters is 1. The van der Waals surface area contributed by atoms with Gasteiger partial charge in [0.2, 0.25) is 0 Å². The van der Waals surface area contributed by atoms with Gasteiger partial charge in [0.1, 0.15) is 18.1 Å².